The Morgan fingerprint density at radius 3 is 2.16 bits per heavy atom. The molecule has 0 saturated heterocycles. The lowest BCUT2D eigenvalue weighted by Crippen LogP contribution is -2.58. The molecule has 38 heavy (non-hydrogen) atoms. The van der Waals surface area contributed by atoms with Crippen molar-refractivity contribution in [3.05, 3.63) is 29.8 Å². The van der Waals surface area contributed by atoms with E-state index >= 15 is 0 Å². The molecule has 0 aliphatic rings. The fourth-order valence-corrected chi connectivity index (χ4v) is 4.12. The van der Waals surface area contributed by atoms with Crippen LogP contribution in [0, 0.1) is 0 Å². The number of esters is 1. The zero-order valence-electron chi connectivity index (χ0n) is 23.8. The predicted molar refractivity (Wildman–Crippen MR) is 148 cm³/mol. The number of aromatic hydroxyl groups is 1. The summed E-state index contributed by atoms with van der Waals surface area (Å²) in [6, 6.07) is 3.93. The minimum absolute atomic E-state index is 0.00768. The van der Waals surface area contributed by atoms with E-state index in [1.165, 1.54) is 28.8 Å². The van der Waals surface area contributed by atoms with Crippen LogP contribution in [-0.2, 0) is 23.9 Å². The molecule has 0 saturated carbocycles. The van der Waals surface area contributed by atoms with Crippen molar-refractivity contribution in [2.45, 2.75) is 84.5 Å². The van der Waals surface area contributed by atoms with Gasteiger partial charge < -0.3 is 30.1 Å². The molecule has 0 spiro atoms. The highest BCUT2D eigenvalue weighted by atomic mass is 32.2. The van der Waals surface area contributed by atoms with E-state index in [2.05, 4.69) is 10.6 Å². The molecule has 0 aromatic heterocycles. The number of nitrogens with one attached hydrogen (secondary N) is 2. The van der Waals surface area contributed by atoms with Crippen LogP contribution >= 0.6 is 11.8 Å². The molecule has 0 aliphatic heterocycles. The van der Waals surface area contributed by atoms with Crippen LogP contribution in [-0.4, -0.2) is 76.2 Å². The van der Waals surface area contributed by atoms with E-state index in [4.69, 9.17) is 9.47 Å². The molecule has 1 rings (SSSR count). The zero-order chi connectivity index (χ0) is 29.1. The number of hydrogen-bond donors (Lipinski definition) is 3. The van der Waals surface area contributed by atoms with Crippen molar-refractivity contribution in [1.29, 1.82) is 0 Å². The molecule has 0 aliphatic carbocycles. The van der Waals surface area contributed by atoms with E-state index in [0.717, 1.165) is 0 Å². The topological polar surface area (TPSA) is 134 Å². The summed E-state index contributed by atoms with van der Waals surface area (Å²) in [7, 11) is 0. The van der Waals surface area contributed by atoms with Crippen molar-refractivity contribution in [3.8, 4) is 5.75 Å². The predicted octanol–water partition coefficient (Wildman–Crippen LogP) is 3.78. The van der Waals surface area contributed by atoms with Crippen LogP contribution in [0.1, 0.15) is 72.9 Å². The number of phenolic OH excluding ortho intramolecular Hbond substituents is 1. The minimum atomic E-state index is -1.11. The Bertz CT molecular complexity index is 939. The molecule has 0 heterocycles. The lowest BCUT2D eigenvalue weighted by molar-refractivity contribution is -0.149. The second kappa shape index (κ2) is 14.8. The van der Waals surface area contributed by atoms with Gasteiger partial charge in [0.25, 0.3) is 0 Å². The third-order valence-corrected chi connectivity index (χ3v) is 5.85. The average molecular weight is 554 g/mol. The SMILES string of the molecule is CCOC(=O)CCNC(=O)C(c1ccc(O)cc1)N(C(=O)C(CCSC)NC(=O)OC(C)(C)C)C(C)(C)C. The summed E-state index contributed by atoms with van der Waals surface area (Å²) in [6.07, 6.45) is 1.46. The first-order chi connectivity index (χ1) is 17.6. The molecule has 11 heteroatoms. The second-order valence-electron chi connectivity index (χ2n) is 10.7. The fourth-order valence-electron chi connectivity index (χ4n) is 3.65. The first-order valence-electron chi connectivity index (χ1n) is 12.6. The molecule has 2 atom stereocenters. The highest BCUT2D eigenvalue weighted by molar-refractivity contribution is 7.98. The number of phenols is 1. The Balaban J connectivity index is 3.43. The maximum absolute atomic E-state index is 14.1. The molecular weight excluding hydrogens is 510 g/mol. The molecule has 1 aromatic rings. The lowest BCUT2D eigenvalue weighted by Gasteiger charge is -2.43. The number of ether oxygens (including phenoxy) is 2. The molecule has 10 nitrogen and oxygen atoms in total. The molecule has 3 N–H and O–H groups in total. The number of carbonyl (C=O) groups excluding carboxylic acids is 4. The van der Waals surface area contributed by atoms with Crippen LogP contribution < -0.4 is 10.6 Å². The number of nitrogens with zero attached hydrogens (tertiary/aromatic N) is 1. The number of carbonyl (C=O) groups is 4. The number of thioether (sulfide) groups is 1. The van der Waals surface area contributed by atoms with Gasteiger partial charge >= 0.3 is 12.1 Å². The summed E-state index contributed by atoms with van der Waals surface area (Å²) in [4.78, 5) is 53.5. The van der Waals surface area contributed by atoms with Gasteiger partial charge in [-0.1, -0.05) is 12.1 Å². The van der Waals surface area contributed by atoms with Crippen molar-refractivity contribution >= 4 is 35.6 Å². The summed E-state index contributed by atoms with van der Waals surface area (Å²) in [6.45, 7) is 12.5. The van der Waals surface area contributed by atoms with E-state index in [0.29, 0.717) is 17.7 Å². The number of alkyl carbamates (subject to hydrolysis) is 1. The monoisotopic (exact) mass is 553 g/mol. The number of benzene rings is 1. The van der Waals surface area contributed by atoms with Crippen LogP contribution in [0.3, 0.4) is 0 Å². The van der Waals surface area contributed by atoms with Crippen LogP contribution in [0.4, 0.5) is 4.79 Å². The quantitative estimate of drug-likeness (QED) is 0.333. The summed E-state index contributed by atoms with van der Waals surface area (Å²) >= 11 is 1.52. The largest absolute Gasteiger partial charge is 0.508 e. The van der Waals surface area contributed by atoms with Crippen molar-refractivity contribution in [2.24, 2.45) is 0 Å². The Kier molecular flexibility index (Phi) is 12.9. The van der Waals surface area contributed by atoms with Gasteiger partial charge in [0.2, 0.25) is 11.8 Å². The van der Waals surface area contributed by atoms with Gasteiger partial charge in [-0.05, 0) is 84.6 Å². The van der Waals surface area contributed by atoms with E-state index in [9.17, 15) is 24.3 Å². The zero-order valence-corrected chi connectivity index (χ0v) is 24.6. The summed E-state index contributed by atoms with van der Waals surface area (Å²) < 4.78 is 10.3. The first-order valence-corrected chi connectivity index (χ1v) is 14.0. The fraction of sp³-hybridized carbons (Fsp3) is 0.630. The van der Waals surface area contributed by atoms with Gasteiger partial charge in [0.15, 0.2) is 0 Å². The second-order valence-corrected chi connectivity index (χ2v) is 11.7. The van der Waals surface area contributed by atoms with E-state index in [1.807, 2.05) is 6.26 Å². The van der Waals surface area contributed by atoms with Gasteiger partial charge in [0.1, 0.15) is 23.4 Å². The Hall–Kier alpha value is -2.95. The smallest absolute Gasteiger partial charge is 0.408 e. The normalized spacial score (nSPS) is 13.2. The molecule has 2 unspecified atom stereocenters. The van der Waals surface area contributed by atoms with Gasteiger partial charge in [0.05, 0.1) is 13.0 Å². The van der Waals surface area contributed by atoms with Crippen LogP contribution in [0.5, 0.6) is 5.75 Å². The van der Waals surface area contributed by atoms with Gasteiger partial charge in [-0.15, -0.1) is 0 Å². The summed E-state index contributed by atoms with van der Waals surface area (Å²) in [5.41, 5.74) is -1.15. The lowest BCUT2D eigenvalue weighted by atomic mass is 9.95. The summed E-state index contributed by atoms with van der Waals surface area (Å²) in [5, 5.41) is 15.2. The Morgan fingerprint density at radius 2 is 1.66 bits per heavy atom. The van der Waals surface area contributed by atoms with E-state index in [-0.39, 0.29) is 25.3 Å². The van der Waals surface area contributed by atoms with Gasteiger partial charge in [-0.2, -0.15) is 11.8 Å². The van der Waals surface area contributed by atoms with Gasteiger partial charge in [-0.25, -0.2) is 4.79 Å². The standard InChI is InChI=1S/C27H43N3O7S/c1-9-36-21(32)14-16-28-23(33)22(18-10-12-19(31)13-11-18)30(26(2,3)4)24(34)20(15-17-38-8)29-25(35)37-27(5,6)7/h10-13,20,22,31H,9,14-17H2,1-8H3,(H,28,33)(H,29,35). The molecule has 0 bridgehead atoms. The molecule has 214 valence electrons. The van der Waals surface area contributed by atoms with E-state index < -0.39 is 47.1 Å². The summed E-state index contributed by atoms with van der Waals surface area (Å²) in [5.74, 6) is -0.829. The maximum atomic E-state index is 14.1. The van der Waals surface area contributed by atoms with Crippen molar-refractivity contribution in [3.63, 3.8) is 0 Å². The van der Waals surface area contributed by atoms with Crippen molar-refractivity contribution in [2.75, 3.05) is 25.2 Å². The van der Waals surface area contributed by atoms with Gasteiger partial charge in [-0.3, -0.25) is 14.4 Å². The minimum Gasteiger partial charge on any atom is -0.508 e. The van der Waals surface area contributed by atoms with Crippen molar-refractivity contribution < 1.29 is 33.8 Å². The van der Waals surface area contributed by atoms with Gasteiger partial charge in [0, 0.05) is 12.1 Å². The molecule has 1 aromatic carbocycles. The molecule has 3 amide bonds. The Labute approximate surface area is 230 Å². The molecule has 0 fully saturated rings. The van der Waals surface area contributed by atoms with E-state index in [1.54, 1.807) is 60.6 Å². The Morgan fingerprint density at radius 1 is 1.05 bits per heavy atom. The van der Waals surface area contributed by atoms with Crippen LogP contribution in [0.15, 0.2) is 24.3 Å². The molecular formula is C27H43N3O7S. The molecule has 0 radical (unpaired) electrons. The average Bonchev–Trinajstić information content (AvgIpc) is 2.78. The number of amides is 3. The van der Waals surface area contributed by atoms with Crippen molar-refractivity contribution in [1.82, 2.24) is 15.5 Å². The van der Waals surface area contributed by atoms with Crippen LogP contribution in [0.2, 0.25) is 0 Å². The maximum Gasteiger partial charge on any atom is 0.408 e. The first kappa shape index (κ1) is 33.1. The number of rotatable bonds is 12. The third kappa shape index (κ3) is 11.2. The van der Waals surface area contributed by atoms with Crippen LogP contribution in [0.25, 0.3) is 0 Å². The number of hydrogen-bond acceptors (Lipinski definition) is 8. The highest BCUT2D eigenvalue weighted by Crippen LogP contribution is 2.31. The highest BCUT2D eigenvalue weighted by Gasteiger charge is 2.41. The third-order valence-electron chi connectivity index (χ3n) is 5.21.